The molecule has 0 bridgehead atoms. The summed E-state index contributed by atoms with van der Waals surface area (Å²) < 4.78 is 8.41. The zero-order valence-corrected chi connectivity index (χ0v) is 21.8. The summed E-state index contributed by atoms with van der Waals surface area (Å²) in [4.78, 5) is 0. The van der Waals surface area contributed by atoms with E-state index in [2.05, 4.69) is 143 Å². The van der Waals surface area contributed by atoms with Crippen molar-refractivity contribution < 1.29 is 4.42 Å². The molecule has 5 aromatic carbocycles. The zero-order valence-electron chi connectivity index (χ0n) is 21.8. The van der Waals surface area contributed by atoms with E-state index in [-0.39, 0.29) is 12.3 Å². The molecule has 2 atom stereocenters. The summed E-state index contributed by atoms with van der Waals surface area (Å²) in [5.41, 5.74) is 9.11. The van der Waals surface area contributed by atoms with Crippen molar-refractivity contribution in [3.8, 4) is 11.1 Å². The van der Waals surface area contributed by atoms with Crippen LogP contribution in [0.4, 0.5) is 0 Å². The van der Waals surface area contributed by atoms with E-state index >= 15 is 0 Å². The van der Waals surface area contributed by atoms with Gasteiger partial charge in [-0.25, -0.2) is 0 Å². The lowest BCUT2D eigenvalue weighted by molar-refractivity contribution is 0.383. The minimum Gasteiger partial charge on any atom is -0.464 e. The minimum atomic E-state index is -0.0925. The predicted molar refractivity (Wildman–Crippen MR) is 164 cm³/mol. The molecule has 40 heavy (non-hydrogen) atoms. The molecule has 0 spiro atoms. The third-order valence-electron chi connectivity index (χ3n) is 7.97. The molecule has 0 aliphatic carbocycles. The van der Waals surface area contributed by atoms with Crippen molar-refractivity contribution in [3.63, 3.8) is 0 Å². The number of fused-ring (bicyclic) bond motifs is 5. The van der Waals surface area contributed by atoms with Gasteiger partial charge in [0.25, 0.3) is 0 Å². The maximum atomic E-state index is 6.01. The Morgan fingerprint density at radius 3 is 2.12 bits per heavy atom. The van der Waals surface area contributed by atoms with Crippen LogP contribution in [0.15, 0.2) is 144 Å². The molecule has 2 N–H and O–H groups in total. The number of para-hydroxylation sites is 1. The highest BCUT2D eigenvalue weighted by atomic mass is 16.3. The van der Waals surface area contributed by atoms with Gasteiger partial charge >= 0.3 is 0 Å². The fraction of sp³-hybridized carbons (Fsp3) is 0.0556. The average Bonchev–Trinajstić information content (AvgIpc) is 3.64. The normalized spacial score (nSPS) is 17.2. The lowest BCUT2D eigenvalue weighted by atomic mass is 10.0. The van der Waals surface area contributed by atoms with Crippen LogP contribution in [0.3, 0.4) is 0 Å². The van der Waals surface area contributed by atoms with E-state index in [1.807, 2.05) is 6.07 Å². The molecule has 1 aliphatic rings. The Bertz CT molecular complexity index is 2000. The third kappa shape index (κ3) is 3.73. The van der Waals surface area contributed by atoms with Crippen LogP contribution >= 0.6 is 0 Å². The molecule has 2 unspecified atom stereocenters. The molecular weight excluding hydrogens is 490 g/mol. The number of nitrogens with one attached hydrogen (secondary N) is 2. The van der Waals surface area contributed by atoms with Gasteiger partial charge in [0.05, 0.1) is 22.7 Å². The number of rotatable bonds is 4. The number of benzene rings is 5. The summed E-state index contributed by atoms with van der Waals surface area (Å²) in [6.07, 6.45) is 3.92. The molecule has 0 fully saturated rings. The van der Waals surface area contributed by atoms with Gasteiger partial charge in [-0.05, 0) is 52.6 Å². The Morgan fingerprint density at radius 2 is 1.30 bits per heavy atom. The molecular formula is C36H27N3O. The summed E-state index contributed by atoms with van der Waals surface area (Å²) in [7, 11) is 0. The molecule has 2 aromatic heterocycles. The van der Waals surface area contributed by atoms with E-state index in [1.54, 1.807) is 6.26 Å². The first-order valence-corrected chi connectivity index (χ1v) is 13.7. The van der Waals surface area contributed by atoms with Crippen molar-refractivity contribution in [2.75, 3.05) is 0 Å². The second-order valence-electron chi connectivity index (χ2n) is 10.3. The molecule has 1 aliphatic heterocycles. The molecule has 8 rings (SSSR count). The van der Waals surface area contributed by atoms with E-state index in [4.69, 9.17) is 4.42 Å². The molecule has 4 heteroatoms. The molecule has 7 aromatic rings. The monoisotopic (exact) mass is 517 g/mol. The van der Waals surface area contributed by atoms with Crippen molar-refractivity contribution in [1.29, 1.82) is 0 Å². The Hall–Kier alpha value is -5.06. The summed E-state index contributed by atoms with van der Waals surface area (Å²) in [5.74, 6) is 0. The number of hydrogen-bond donors (Lipinski definition) is 2. The molecule has 3 heterocycles. The third-order valence-corrected chi connectivity index (χ3v) is 7.97. The fourth-order valence-corrected chi connectivity index (χ4v) is 6.06. The van der Waals surface area contributed by atoms with Crippen LogP contribution in [-0.4, -0.2) is 4.57 Å². The van der Waals surface area contributed by atoms with Crippen molar-refractivity contribution in [3.05, 3.63) is 151 Å². The molecule has 0 saturated carbocycles. The Balaban J connectivity index is 1.30. The van der Waals surface area contributed by atoms with E-state index in [0.29, 0.717) is 0 Å². The van der Waals surface area contributed by atoms with Crippen molar-refractivity contribution in [2.24, 2.45) is 0 Å². The largest absolute Gasteiger partial charge is 0.464 e. The second-order valence-corrected chi connectivity index (χ2v) is 10.3. The Labute approximate surface area is 232 Å². The Kier molecular flexibility index (Phi) is 5.32. The summed E-state index contributed by atoms with van der Waals surface area (Å²) in [5, 5.41) is 11.1. The summed E-state index contributed by atoms with van der Waals surface area (Å²) in [6, 6.07) is 44.9. The van der Waals surface area contributed by atoms with Gasteiger partial charge in [-0.15, -0.1) is 0 Å². The maximum Gasteiger partial charge on any atom is 0.143 e. The van der Waals surface area contributed by atoms with Gasteiger partial charge in [-0.2, -0.15) is 0 Å². The molecule has 0 saturated heterocycles. The smallest absolute Gasteiger partial charge is 0.143 e. The molecule has 192 valence electrons. The highest BCUT2D eigenvalue weighted by molar-refractivity contribution is 6.18. The van der Waals surface area contributed by atoms with Gasteiger partial charge in [0.1, 0.15) is 17.9 Å². The van der Waals surface area contributed by atoms with E-state index in [9.17, 15) is 0 Å². The minimum absolute atomic E-state index is 0.0662. The van der Waals surface area contributed by atoms with Crippen LogP contribution in [0.1, 0.15) is 23.5 Å². The highest BCUT2D eigenvalue weighted by Crippen LogP contribution is 2.39. The van der Waals surface area contributed by atoms with Crippen LogP contribution < -0.4 is 10.6 Å². The van der Waals surface area contributed by atoms with E-state index < -0.39 is 0 Å². The van der Waals surface area contributed by atoms with Gasteiger partial charge < -0.3 is 14.3 Å². The molecule has 4 nitrogen and oxygen atoms in total. The first-order chi connectivity index (χ1) is 19.8. The van der Waals surface area contributed by atoms with E-state index in [1.165, 1.54) is 27.6 Å². The lowest BCUT2D eigenvalue weighted by Crippen LogP contribution is -2.41. The summed E-state index contributed by atoms with van der Waals surface area (Å²) in [6.45, 7) is 0. The van der Waals surface area contributed by atoms with Crippen molar-refractivity contribution in [2.45, 2.75) is 12.3 Å². The van der Waals surface area contributed by atoms with Gasteiger partial charge in [0.2, 0.25) is 0 Å². The topological polar surface area (TPSA) is 42.1 Å². The number of aromatic nitrogens is 1. The first-order valence-electron chi connectivity index (χ1n) is 13.7. The van der Waals surface area contributed by atoms with Gasteiger partial charge in [0, 0.05) is 16.5 Å². The van der Waals surface area contributed by atoms with Crippen LogP contribution in [-0.2, 0) is 0 Å². The first kappa shape index (κ1) is 22.9. The van der Waals surface area contributed by atoms with Crippen LogP contribution in [0.2, 0.25) is 0 Å². The van der Waals surface area contributed by atoms with Gasteiger partial charge in [-0.3, -0.25) is 5.32 Å². The van der Waals surface area contributed by atoms with Crippen LogP contribution in [0, 0.1) is 0 Å². The highest BCUT2D eigenvalue weighted by Gasteiger charge is 2.27. The van der Waals surface area contributed by atoms with Gasteiger partial charge in [0.15, 0.2) is 0 Å². The predicted octanol–water partition coefficient (Wildman–Crippen LogP) is 8.64. The summed E-state index contributed by atoms with van der Waals surface area (Å²) >= 11 is 0. The lowest BCUT2D eigenvalue weighted by Gasteiger charge is -2.34. The fourth-order valence-electron chi connectivity index (χ4n) is 6.06. The van der Waals surface area contributed by atoms with Crippen LogP contribution in [0.5, 0.6) is 0 Å². The zero-order chi connectivity index (χ0) is 26.5. The number of furan rings is 1. The van der Waals surface area contributed by atoms with Crippen molar-refractivity contribution >= 4 is 38.5 Å². The average molecular weight is 518 g/mol. The number of nitrogens with zero attached hydrogens (tertiary/aromatic N) is 1. The van der Waals surface area contributed by atoms with Gasteiger partial charge in [-0.1, -0.05) is 103 Å². The van der Waals surface area contributed by atoms with E-state index in [0.717, 1.165) is 33.1 Å². The SMILES string of the molecule is C1=C(c2ccc(-c3ccccc3)cc2)NC(c2ccccc2)NC1n1c2ccccc2c2c3occc3ccc21. The number of hydrogen-bond acceptors (Lipinski definition) is 3. The quantitative estimate of drug-likeness (QED) is 0.246. The maximum absolute atomic E-state index is 6.01. The second kappa shape index (κ2) is 9.30. The van der Waals surface area contributed by atoms with Crippen LogP contribution in [0.25, 0.3) is 49.6 Å². The Morgan fingerprint density at radius 1 is 0.600 bits per heavy atom. The standard InChI is InChI=1S/C36H27N3O/c1-3-9-24(10-4-1)25-15-17-26(18-16-25)30-23-33(38-36(37-30)28-11-5-2-6-12-28)39-31-14-8-7-13-29(31)34-32(39)20-19-27-21-22-40-35(27)34/h1-23,33,36-38H. The molecule has 0 radical (unpaired) electrons. The van der Waals surface area contributed by atoms with Crippen molar-refractivity contribution in [1.82, 2.24) is 15.2 Å². The molecule has 0 amide bonds.